The van der Waals surface area contributed by atoms with Crippen LogP contribution in [0.4, 0.5) is 10.1 Å². The summed E-state index contributed by atoms with van der Waals surface area (Å²) in [5.74, 6) is -0.867. The van der Waals surface area contributed by atoms with Crippen LogP contribution >= 0.6 is 0 Å². The molecule has 2 fully saturated rings. The van der Waals surface area contributed by atoms with Crippen molar-refractivity contribution in [3.8, 4) is 0 Å². The summed E-state index contributed by atoms with van der Waals surface area (Å²) in [6, 6.07) is 5.77. The number of aryl methyl sites for hydroxylation is 1. The fraction of sp³-hybridized carbons (Fsp3) is 0.429. The quantitative estimate of drug-likeness (QED) is 0.692. The van der Waals surface area contributed by atoms with Gasteiger partial charge in [0.05, 0.1) is 24.5 Å². The van der Waals surface area contributed by atoms with Crippen LogP contribution in [0.3, 0.4) is 0 Å². The second-order valence-corrected chi connectivity index (χ2v) is 8.04. The van der Waals surface area contributed by atoms with E-state index in [4.69, 9.17) is 9.26 Å². The Morgan fingerprint density at radius 1 is 1.37 bits per heavy atom. The highest BCUT2D eigenvalue weighted by atomic mass is 19.1. The van der Waals surface area contributed by atoms with Gasteiger partial charge in [-0.2, -0.15) is 4.98 Å². The minimum absolute atomic E-state index is 0.147. The maximum atomic E-state index is 13.3. The van der Waals surface area contributed by atoms with Crippen LogP contribution in [0.2, 0.25) is 0 Å². The summed E-state index contributed by atoms with van der Waals surface area (Å²) < 4.78 is 24.4. The maximum Gasteiger partial charge on any atom is 0.234 e. The molecule has 4 heterocycles. The van der Waals surface area contributed by atoms with Gasteiger partial charge in [-0.15, -0.1) is 0 Å². The Morgan fingerprint density at radius 3 is 2.83 bits per heavy atom. The molecule has 0 N–H and O–H groups in total. The summed E-state index contributed by atoms with van der Waals surface area (Å²) in [5.41, 5.74) is -0.222. The number of hydrogen-bond acceptors (Lipinski definition) is 6. The number of ether oxygens (including phenoxy) is 1. The molecule has 1 aromatic carbocycles. The monoisotopic (exact) mass is 412 g/mol. The van der Waals surface area contributed by atoms with Crippen molar-refractivity contribution in [3.05, 3.63) is 53.9 Å². The molecule has 1 aromatic heterocycles. The summed E-state index contributed by atoms with van der Waals surface area (Å²) in [5, 5.41) is 3.85. The third kappa shape index (κ3) is 2.84. The molecule has 2 aromatic rings. The predicted octanol–water partition coefficient (Wildman–Crippen LogP) is 1.50. The number of anilines is 1. The Bertz CT molecular complexity index is 1040. The molecule has 3 aliphatic rings. The molecule has 8 nitrogen and oxygen atoms in total. The molecule has 2 saturated heterocycles. The van der Waals surface area contributed by atoms with Gasteiger partial charge in [-0.1, -0.05) is 17.3 Å². The van der Waals surface area contributed by atoms with E-state index in [9.17, 15) is 14.0 Å². The van der Waals surface area contributed by atoms with Crippen LogP contribution in [0, 0.1) is 24.6 Å². The highest BCUT2D eigenvalue weighted by Gasteiger charge is 2.67. The van der Waals surface area contributed by atoms with Crippen molar-refractivity contribution in [2.75, 3.05) is 25.0 Å². The number of amides is 2. The molecule has 0 saturated carbocycles. The van der Waals surface area contributed by atoms with Gasteiger partial charge in [-0.05, 0) is 24.3 Å². The van der Waals surface area contributed by atoms with Crippen LogP contribution in [0.25, 0.3) is 0 Å². The first-order valence-corrected chi connectivity index (χ1v) is 9.86. The van der Waals surface area contributed by atoms with Gasteiger partial charge in [0.15, 0.2) is 5.82 Å². The Hall–Kier alpha value is -3.07. The van der Waals surface area contributed by atoms with Gasteiger partial charge in [-0.25, -0.2) is 4.39 Å². The van der Waals surface area contributed by atoms with Gasteiger partial charge >= 0.3 is 0 Å². The molecule has 0 aliphatic carbocycles. The standard InChI is InChI=1S/C21H21FN4O4/c1-12-23-16(24-30-12)8-10-25(2)19(27)17-15-7-9-21(29-15)11-26(20(28)18(17)21)14-5-3-13(22)4-6-14/h3-7,9,15,17-18H,8,10-11H2,1-2H3/t15-,17?,18?,21-/m0/s1. The molecule has 156 valence electrons. The zero-order valence-electron chi connectivity index (χ0n) is 16.6. The molecular weight excluding hydrogens is 391 g/mol. The molecule has 4 atom stereocenters. The van der Waals surface area contributed by atoms with Crippen LogP contribution in [0.5, 0.6) is 0 Å². The SMILES string of the molecule is Cc1nc(CCN(C)C(=O)C2C3C(=O)N(c4ccc(F)cc4)C[C@@]34C=C[C@@H]2O4)no1. The number of fused-ring (bicyclic) bond motifs is 1. The normalized spacial score (nSPS) is 29.0. The second kappa shape index (κ2) is 6.73. The molecule has 2 bridgehead atoms. The van der Waals surface area contributed by atoms with Crippen LogP contribution in [0.15, 0.2) is 40.9 Å². The molecule has 30 heavy (non-hydrogen) atoms. The average molecular weight is 412 g/mol. The predicted molar refractivity (Wildman–Crippen MR) is 103 cm³/mol. The van der Waals surface area contributed by atoms with E-state index < -0.39 is 23.5 Å². The van der Waals surface area contributed by atoms with Gasteiger partial charge in [-0.3, -0.25) is 9.59 Å². The zero-order chi connectivity index (χ0) is 21.0. The molecule has 5 rings (SSSR count). The number of rotatable bonds is 5. The third-order valence-electron chi connectivity index (χ3n) is 6.14. The van der Waals surface area contributed by atoms with Crippen molar-refractivity contribution in [1.29, 1.82) is 0 Å². The third-order valence-corrected chi connectivity index (χ3v) is 6.14. The number of carbonyl (C=O) groups excluding carboxylic acids is 2. The van der Waals surface area contributed by atoms with Gasteiger partial charge in [0.2, 0.25) is 17.7 Å². The lowest BCUT2D eigenvalue weighted by atomic mass is 9.76. The minimum atomic E-state index is -0.817. The van der Waals surface area contributed by atoms with E-state index in [1.165, 1.54) is 12.1 Å². The lowest BCUT2D eigenvalue weighted by Gasteiger charge is -2.27. The largest absolute Gasteiger partial charge is 0.360 e. The minimum Gasteiger partial charge on any atom is -0.360 e. The van der Waals surface area contributed by atoms with E-state index in [0.717, 1.165) is 0 Å². The van der Waals surface area contributed by atoms with E-state index in [0.29, 0.717) is 36.9 Å². The number of carbonyl (C=O) groups is 2. The Labute approximate surface area is 172 Å². The summed E-state index contributed by atoms with van der Waals surface area (Å²) >= 11 is 0. The first kappa shape index (κ1) is 18.9. The van der Waals surface area contributed by atoms with Crippen molar-refractivity contribution >= 4 is 17.5 Å². The summed E-state index contributed by atoms with van der Waals surface area (Å²) in [6.45, 7) is 2.42. The van der Waals surface area contributed by atoms with Crippen molar-refractivity contribution in [2.45, 2.75) is 25.0 Å². The second-order valence-electron chi connectivity index (χ2n) is 8.04. The van der Waals surface area contributed by atoms with Gasteiger partial charge < -0.3 is 19.1 Å². The molecule has 9 heteroatoms. The summed E-state index contributed by atoms with van der Waals surface area (Å²) in [7, 11) is 1.70. The first-order chi connectivity index (χ1) is 14.4. The fourth-order valence-corrected chi connectivity index (χ4v) is 4.70. The van der Waals surface area contributed by atoms with Gasteiger partial charge in [0.25, 0.3) is 0 Å². The zero-order valence-corrected chi connectivity index (χ0v) is 16.6. The van der Waals surface area contributed by atoms with Crippen molar-refractivity contribution in [2.24, 2.45) is 11.8 Å². The number of hydrogen-bond donors (Lipinski definition) is 0. The number of likely N-dealkylation sites (N-methyl/N-ethyl adjacent to an activating group) is 1. The topological polar surface area (TPSA) is 88.8 Å². The van der Waals surface area contributed by atoms with E-state index in [-0.39, 0.29) is 17.6 Å². The lowest BCUT2D eigenvalue weighted by Crippen LogP contribution is -2.45. The molecular formula is C21H21FN4O4. The summed E-state index contributed by atoms with van der Waals surface area (Å²) in [6.07, 6.45) is 3.81. The fourth-order valence-electron chi connectivity index (χ4n) is 4.70. The molecule has 2 amide bonds. The highest BCUT2D eigenvalue weighted by molar-refractivity contribution is 6.03. The highest BCUT2D eigenvalue weighted by Crippen LogP contribution is 2.53. The number of halogens is 1. The van der Waals surface area contributed by atoms with E-state index in [2.05, 4.69) is 10.1 Å². The maximum absolute atomic E-state index is 13.3. The first-order valence-electron chi connectivity index (χ1n) is 9.86. The van der Waals surface area contributed by atoms with E-state index >= 15 is 0 Å². The van der Waals surface area contributed by atoms with Crippen molar-refractivity contribution in [1.82, 2.24) is 15.0 Å². The smallest absolute Gasteiger partial charge is 0.234 e. The molecule has 0 radical (unpaired) electrons. The van der Waals surface area contributed by atoms with E-state index in [1.54, 1.807) is 35.9 Å². The molecule has 1 spiro atoms. The number of aromatic nitrogens is 2. The van der Waals surface area contributed by atoms with Crippen LogP contribution in [0.1, 0.15) is 11.7 Å². The lowest BCUT2D eigenvalue weighted by molar-refractivity contribution is -0.139. The number of benzene rings is 1. The van der Waals surface area contributed by atoms with Crippen molar-refractivity contribution < 1.29 is 23.2 Å². The number of nitrogens with zero attached hydrogens (tertiary/aromatic N) is 4. The Kier molecular flexibility index (Phi) is 4.25. The van der Waals surface area contributed by atoms with Crippen LogP contribution in [-0.2, 0) is 20.7 Å². The Morgan fingerprint density at radius 2 is 2.13 bits per heavy atom. The van der Waals surface area contributed by atoms with Gasteiger partial charge in [0, 0.05) is 32.6 Å². The molecule has 2 unspecified atom stereocenters. The van der Waals surface area contributed by atoms with E-state index in [1.807, 2.05) is 12.2 Å². The van der Waals surface area contributed by atoms with Crippen LogP contribution in [-0.4, -0.2) is 58.7 Å². The van der Waals surface area contributed by atoms with Crippen LogP contribution < -0.4 is 4.90 Å². The molecule has 3 aliphatic heterocycles. The summed E-state index contributed by atoms with van der Waals surface area (Å²) in [4.78, 5) is 33.9. The van der Waals surface area contributed by atoms with Gasteiger partial charge in [0.1, 0.15) is 11.4 Å². The van der Waals surface area contributed by atoms with Crippen molar-refractivity contribution in [3.63, 3.8) is 0 Å². The average Bonchev–Trinajstić information content (AvgIpc) is 3.47. The Balaban J connectivity index is 1.35.